The summed E-state index contributed by atoms with van der Waals surface area (Å²) in [6, 6.07) is 12.8. The van der Waals surface area contributed by atoms with Crippen molar-refractivity contribution in [2.75, 3.05) is 25.1 Å². The van der Waals surface area contributed by atoms with E-state index in [-0.39, 0.29) is 6.10 Å². The van der Waals surface area contributed by atoms with Crippen LogP contribution in [-0.2, 0) is 4.74 Å². The number of nitrogens with zero attached hydrogens (tertiary/aromatic N) is 4. The van der Waals surface area contributed by atoms with Gasteiger partial charge in [-0.2, -0.15) is 0 Å². The molecule has 7 heteroatoms. The first-order valence-corrected chi connectivity index (χ1v) is 9.58. The number of rotatable bonds is 4. The molecule has 0 bridgehead atoms. The van der Waals surface area contributed by atoms with Gasteiger partial charge in [0.1, 0.15) is 17.5 Å². The average molecular weight is 404 g/mol. The number of aromatic nitrogens is 3. The predicted octanol–water partition coefficient (Wildman–Crippen LogP) is 4.47. The lowest BCUT2D eigenvalue weighted by atomic mass is 10.0. The highest BCUT2D eigenvalue weighted by atomic mass is 19.1. The number of anilines is 1. The summed E-state index contributed by atoms with van der Waals surface area (Å²) in [5.41, 5.74) is 2.53. The summed E-state index contributed by atoms with van der Waals surface area (Å²) in [6.07, 6.45) is 3.57. The van der Waals surface area contributed by atoms with Crippen LogP contribution in [-0.4, -0.2) is 41.3 Å². The number of pyridine rings is 1. The van der Waals surface area contributed by atoms with E-state index in [1.165, 1.54) is 12.1 Å². The minimum Gasteiger partial charge on any atom is -0.378 e. The highest BCUT2D eigenvalue weighted by Gasteiger charge is 2.29. The van der Waals surface area contributed by atoms with E-state index in [2.05, 4.69) is 9.88 Å². The molecule has 0 spiro atoms. The molecule has 5 nitrogen and oxygen atoms in total. The molecule has 3 heterocycles. The van der Waals surface area contributed by atoms with Crippen LogP contribution in [0.2, 0.25) is 0 Å². The highest BCUT2D eigenvalue weighted by molar-refractivity contribution is 5.94. The van der Waals surface area contributed by atoms with E-state index in [0.29, 0.717) is 30.0 Å². The maximum absolute atomic E-state index is 14.4. The first-order valence-electron chi connectivity index (χ1n) is 9.58. The van der Waals surface area contributed by atoms with Crippen LogP contribution in [0, 0.1) is 11.6 Å². The van der Waals surface area contributed by atoms with Gasteiger partial charge in [-0.1, -0.05) is 6.07 Å². The summed E-state index contributed by atoms with van der Waals surface area (Å²) < 4.78 is 33.1. The molecule has 1 saturated heterocycles. The summed E-state index contributed by atoms with van der Waals surface area (Å²) in [4.78, 5) is 15.8. The Morgan fingerprint density at radius 1 is 1.00 bits per heavy atom. The van der Waals surface area contributed by atoms with E-state index in [0.717, 1.165) is 28.4 Å². The van der Waals surface area contributed by atoms with Gasteiger partial charge in [0, 0.05) is 55.2 Å². The van der Waals surface area contributed by atoms with E-state index in [1.807, 2.05) is 24.3 Å². The van der Waals surface area contributed by atoms with Gasteiger partial charge in [0.25, 0.3) is 0 Å². The van der Waals surface area contributed by atoms with Crippen molar-refractivity contribution < 1.29 is 13.5 Å². The van der Waals surface area contributed by atoms with Gasteiger partial charge in [-0.25, -0.2) is 18.7 Å². The van der Waals surface area contributed by atoms with Crippen LogP contribution in [0.1, 0.15) is 0 Å². The smallest absolute Gasteiger partial charge is 0.163 e. The van der Waals surface area contributed by atoms with Crippen molar-refractivity contribution in [3.63, 3.8) is 0 Å². The SMILES string of the molecule is COC1CN(c2nc(-c3cccnc3)nc3ccc(-c4ccc(F)cc4F)cc23)C1. The van der Waals surface area contributed by atoms with Crippen LogP contribution >= 0.6 is 0 Å². The topological polar surface area (TPSA) is 51.1 Å². The van der Waals surface area contributed by atoms with Crippen molar-refractivity contribution in [2.24, 2.45) is 0 Å². The molecular weight excluding hydrogens is 386 g/mol. The highest BCUT2D eigenvalue weighted by Crippen LogP contribution is 2.34. The molecule has 1 aliphatic heterocycles. The maximum atomic E-state index is 14.4. The Bertz CT molecular complexity index is 1230. The molecule has 0 unspecified atom stereocenters. The Morgan fingerprint density at radius 2 is 1.87 bits per heavy atom. The molecule has 0 radical (unpaired) electrons. The fraction of sp³-hybridized carbons (Fsp3) is 0.174. The van der Waals surface area contributed by atoms with Crippen LogP contribution < -0.4 is 4.90 Å². The summed E-state index contributed by atoms with van der Waals surface area (Å²) in [6.45, 7) is 1.43. The Balaban J connectivity index is 1.66. The van der Waals surface area contributed by atoms with Crippen LogP contribution in [0.3, 0.4) is 0 Å². The third kappa shape index (κ3) is 3.27. The first kappa shape index (κ1) is 18.6. The second-order valence-corrected chi connectivity index (χ2v) is 7.23. The zero-order chi connectivity index (χ0) is 20.7. The van der Waals surface area contributed by atoms with Crippen LogP contribution in [0.4, 0.5) is 14.6 Å². The monoisotopic (exact) mass is 404 g/mol. The number of ether oxygens (including phenoxy) is 1. The first-order chi connectivity index (χ1) is 14.6. The molecule has 150 valence electrons. The lowest BCUT2D eigenvalue weighted by molar-refractivity contribution is 0.0785. The second-order valence-electron chi connectivity index (χ2n) is 7.23. The van der Waals surface area contributed by atoms with Gasteiger partial charge in [-0.3, -0.25) is 4.98 Å². The van der Waals surface area contributed by atoms with Gasteiger partial charge in [-0.15, -0.1) is 0 Å². The molecule has 5 rings (SSSR count). The molecule has 2 aromatic carbocycles. The van der Waals surface area contributed by atoms with E-state index >= 15 is 0 Å². The van der Waals surface area contributed by atoms with Gasteiger partial charge in [0.2, 0.25) is 0 Å². The van der Waals surface area contributed by atoms with Crippen molar-refractivity contribution in [3.05, 3.63) is 72.6 Å². The number of benzene rings is 2. The fourth-order valence-electron chi connectivity index (χ4n) is 3.63. The molecule has 0 atom stereocenters. The number of hydrogen-bond acceptors (Lipinski definition) is 5. The quantitative estimate of drug-likeness (QED) is 0.502. The summed E-state index contributed by atoms with van der Waals surface area (Å²) in [5.74, 6) is 0.129. The third-order valence-corrected chi connectivity index (χ3v) is 5.32. The molecule has 4 aromatic rings. The Kier molecular flexibility index (Phi) is 4.59. The van der Waals surface area contributed by atoms with Crippen molar-refractivity contribution in [2.45, 2.75) is 6.10 Å². The number of fused-ring (bicyclic) bond motifs is 1. The van der Waals surface area contributed by atoms with Gasteiger partial charge in [-0.05, 0) is 42.0 Å². The molecule has 30 heavy (non-hydrogen) atoms. The largest absolute Gasteiger partial charge is 0.378 e. The summed E-state index contributed by atoms with van der Waals surface area (Å²) >= 11 is 0. The van der Waals surface area contributed by atoms with Crippen molar-refractivity contribution in [1.29, 1.82) is 0 Å². The number of halogens is 2. The molecule has 1 aliphatic rings. The van der Waals surface area contributed by atoms with Gasteiger partial charge in [0.15, 0.2) is 5.82 Å². The number of hydrogen-bond donors (Lipinski definition) is 0. The minimum atomic E-state index is -0.604. The van der Waals surface area contributed by atoms with E-state index in [1.54, 1.807) is 25.6 Å². The Hall–Kier alpha value is -3.45. The third-order valence-electron chi connectivity index (χ3n) is 5.32. The van der Waals surface area contributed by atoms with Crippen LogP contribution in [0.15, 0.2) is 60.9 Å². The standard InChI is InChI=1S/C23H18F2N4O/c1-30-17-12-29(13-17)23-19-9-14(18-6-5-16(24)10-20(18)25)4-7-21(19)27-22(28-23)15-3-2-8-26-11-15/h2-11,17H,12-13H2,1H3. The van der Waals surface area contributed by atoms with Gasteiger partial charge < -0.3 is 9.64 Å². The van der Waals surface area contributed by atoms with Gasteiger partial charge in [0.05, 0.1) is 11.6 Å². The minimum absolute atomic E-state index is 0.148. The van der Waals surface area contributed by atoms with E-state index in [4.69, 9.17) is 14.7 Å². The van der Waals surface area contributed by atoms with Crippen LogP contribution in [0.25, 0.3) is 33.4 Å². The summed E-state index contributed by atoms with van der Waals surface area (Å²) in [7, 11) is 1.69. The molecular formula is C23H18F2N4O. The number of methoxy groups -OCH3 is 1. The molecule has 0 amide bonds. The molecule has 2 aromatic heterocycles. The molecule has 0 N–H and O–H groups in total. The molecule has 0 aliphatic carbocycles. The lowest BCUT2D eigenvalue weighted by Crippen LogP contribution is -2.52. The fourth-order valence-corrected chi connectivity index (χ4v) is 3.63. The van der Waals surface area contributed by atoms with Crippen molar-refractivity contribution in [1.82, 2.24) is 15.0 Å². The Labute approximate surface area is 172 Å². The van der Waals surface area contributed by atoms with Crippen molar-refractivity contribution >= 4 is 16.7 Å². The van der Waals surface area contributed by atoms with Gasteiger partial charge >= 0.3 is 0 Å². The van der Waals surface area contributed by atoms with E-state index < -0.39 is 11.6 Å². The maximum Gasteiger partial charge on any atom is 0.163 e. The normalized spacial score (nSPS) is 14.2. The van der Waals surface area contributed by atoms with Crippen molar-refractivity contribution in [3.8, 4) is 22.5 Å². The molecule has 0 saturated carbocycles. The molecule has 1 fully saturated rings. The average Bonchev–Trinajstić information content (AvgIpc) is 2.73. The predicted molar refractivity (Wildman–Crippen MR) is 111 cm³/mol. The van der Waals surface area contributed by atoms with E-state index in [9.17, 15) is 8.78 Å². The lowest BCUT2D eigenvalue weighted by Gasteiger charge is -2.39. The van der Waals surface area contributed by atoms with Crippen LogP contribution in [0.5, 0.6) is 0 Å². The second kappa shape index (κ2) is 7.42. The summed E-state index contributed by atoms with van der Waals surface area (Å²) in [5, 5.41) is 0.804. The zero-order valence-corrected chi connectivity index (χ0v) is 16.2. The Morgan fingerprint density at radius 3 is 2.60 bits per heavy atom. The zero-order valence-electron chi connectivity index (χ0n) is 16.2.